The number of piperidine rings is 1. The van der Waals surface area contributed by atoms with Gasteiger partial charge >= 0.3 is 0 Å². The van der Waals surface area contributed by atoms with Gasteiger partial charge in [-0.05, 0) is 32.2 Å². The highest BCUT2D eigenvalue weighted by atomic mass is 16.5. The Hall–Kier alpha value is -1.40. The molecule has 0 saturated carbocycles. The molecular weight excluding hydrogens is 268 g/mol. The van der Waals surface area contributed by atoms with Crippen LogP contribution in [0, 0.1) is 0 Å². The maximum absolute atomic E-state index is 12.0. The van der Waals surface area contributed by atoms with Crippen LogP contribution in [0.2, 0.25) is 0 Å². The highest BCUT2D eigenvalue weighted by Crippen LogP contribution is 2.26. The predicted octanol–water partition coefficient (Wildman–Crippen LogP) is 0.912. The lowest BCUT2D eigenvalue weighted by Gasteiger charge is -2.31. The fourth-order valence-electron chi connectivity index (χ4n) is 3.24. The SMILES string of the molecule is COCCN1CCC[C@H](c2nc3c([nH]2)CCCNC3=O)C1. The lowest BCUT2D eigenvalue weighted by Crippen LogP contribution is -2.36. The van der Waals surface area contributed by atoms with E-state index in [0.717, 1.165) is 63.6 Å². The molecule has 2 N–H and O–H groups in total. The molecule has 1 amide bonds. The Morgan fingerprint density at radius 3 is 3.19 bits per heavy atom. The predicted molar refractivity (Wildman–Crippen MR) is 79.5 cm³/mol. The summed E-state index contributed by atoms with van der Waals surface area (Å²) in [5, 5.41) is 2.91. The van der Waals surface area contributed by atoms with E-state index < -0.39 is 0 Å². The number of fused-ring (bicyclic) bond motifs is 1. The molecule has 1 fully saturated rings. The van der Waals surface area contributed by atoms with Crippen LogP contribution in [0.25, 0.3) is 0 Å². The second kappa shape index (κ2) is 6.58. The van der Waals surface area contributed by atoms with Gasteiger partial charge in [-0.15, -0.1) is 0 Å². The van der Waals surface area contributed by atoms with Crippen LogP contribution in [0.5, 0.6) is 0 Å². The van der Waals surface area contributed by atoms with E-state index in [2.05, 4.69) is 20.2 Å². The monoisotopic (exact) mass is 292 g/mol. The molecule has 3 heterocycles. The topological polar surface area (TPSA) is 70.2 Å². The van der Waals surface area contributed by atoms with Crippen molar-refractivity contribution in [3.8, 4) is 0 Å². The molecule has 2 aliphatic heterocycles. The maximum Gasteiger partial charge on any atom is 0.271 e. The van der Waals surface area contributed by atoms with Crippen molar-refractivity contribution in [1.82, 2.24) is 20.2 Å². The molecule has 21 heavy (non-hydrogen) atoms. The first kappa shape index (κ1) is 14.5. The van der Waals surface area contributed by atoms with E-state index in [4.69, 9.17) is 4.74 Å². The molecule has 0 aromatic carbocycles. The summed E-state index contributed by atoms with van der Waals surface area (Å²) >= 11 is 0. The lowest BCUT2D eigenvalue weighted by atomic mass is 9.97. The van der Waals surface area contributed by atoms with Crippen LogP contribution in [-0.2, 0) is 11.2 Å². The number of hydrogen-bond acceptors (Lipinski definition) is 4. The molecule has 1 saturated heterocycles. The fourth-order valence-corrected chi connectivity index (χ4v) is 3.24. The van der Waals surface area contributed by atoms with Crippen molar-refractivity contribution < 1.29 is 9.53 Å². The number of ether oxygens (including phenoxy) is 1. The summed E-state index contributed by atoms with van der Waals surface area (Å²) in [5.74, 6) is 1.35. The molecule has 6 nitrogen and oxygen atoms in total. The summed E-state index contributed by atoms with van der Waals surface area (Å²) in [7, 11) is 1.74. The Kier molecular flexibility index (Phi) is 4.55. The third-order valence-electron chi connectivity index (χ3n) is 4.41. The van der Waals surface area contributed by atoms with Crippen molar-refractivity contribution >= 4 is 5.91 Å². The second-order valence-electron chi connectivity index (χ2n) is 5.94. The molecule has 0 radical (unpaired) electrons. The summed E-state index contributed by atoms with van der Waals surface area (Å²) in [5.41, 5.74) is 1.62. The minimum Gasteiger partial charge on any atom is -0.383 e. The molecule has 1 aromatic rings. The van der Waals surface area contributed by atoms with Crippen molar-refractivity contribution in [2.24, 2.45) is 0 Å². The summed E-state index contributed by atoms with van der Waals surface area (Å²) in [6, 6.07) is 0. The number of amides is 1. The number of methoxy groups -OCH3 is 1. The quantitative estimate of drug-likeness (QED) is 0.865. The number of hydrogen-bond donors (Lipinski definition) is 2. The smallest absolute Gasteiger partial charge is 0.271 e. The number of aryl methyl sites for hydroxylation is 1. The molecule has 1 atom stereocenters. The number of likely N-dealkylation sites (tertiary alicyclic amines) is 1. The van der Waals surface area contributed by atoms with Gasteiger partial charge in [0.25, 0.3) is 5.91 Å². The van der Waals surface area contributed by atoms with Crippen LogP contribution in [0.4, 0.5) is 0 Å². The second-order valence-corrected chi connectivity index (χ2v) is 5.94. The normalized spacial score (nSPS) is 23.5. The fraction of sp³-hybridized carbons (Fsp3) is 0.733. The van der Waals surface area contributed by atoms with E-state index in [9.17, 15) is 4.79 Å². The van der Waals surface area contributed by atoms with Crippen molar-refractivity contribution in [2.45, 2.75) is 31.6 Å². The first-order chi connectivity index (χ1) is 10.3. The number of imidazole rings is 1. The lowest BCUT2D eigenvalue weighted by molar-refractivity contribution is 0.0951. The average Bonchev–Trinajstić information content (AvgIpc) is 2.86. The van der Waals surface area contributed by atoms with Gasteiger partial charge in [-0.1, -0.05) is 0 Å². The van der Waals surface area contributed by atoms with Gasteiger partial charge in [-0.2, -0.15) is 0 Å². The van der Waals surface area contributed by atoms with E-state index in [1.54, 1.807) is 7.11 Å². The highest BCUT2D eigenvalue weighted by Gasteiger charge is 2.27. The molecule has 0 unspecified atom stereocenters. The van der Waals surface area contributed by atoms with Gasteiger partial charge in [0.1, 0.15) is 11.5 Å². The van der Waals surface area contributed by atoms with E-state index >= 15 is 0 Å². The molecule has 6 heteroatoms. The van der Waals surface area contributed by atoms with Crippen LogP contribution in [0.3, 0.4) is 0 Å². The van der Waals surface area contributed by atoms with Gasteiger partial charge in [0, 0.05) is 38.4 Å². The molecule has 116 valence electrons. The average molecular weight is 292 g/mol. The standard InChI is InChI=1S/C15H24N4O2/c1-21-9-8-19-7-3-4-11(10-19)14-17-12-5-2-6-16-15(20)13(12)18-14/h11H,2-10H2,1H3,(H,16,20)(H,17,18)/t11-/m0/s1. The number of rotatable bonds is 4. The molecule has 2 aliphatic rings. The van der Waals surface area contributed by atoms with E-state index in [1.807, 2.05) is 0 Å². The molecule has 3 rings (SSSR count). The minimum atomic E-state index is -0.0305. The van der Waals surface area contributed by atoms with Crippen LogP contribution in [0.15, 0.2) is 0 Å². The Bertz CT molecular complexity index is 500. The first-order valence-corrected chi connectivity index (χ1v) is 7.86. The van der Waals surface area contributed by atoms with Crippen LogP contribution in [0.1, 0.15) is 47.2 Å². The third kappa shape index (κ3) is 3.27. The number of carbonyl (C=O) groups excluding carboxylic acids is 1. The minimum absolute atomic E-state index is 0.0305. The number of nitrogens with zero attached hydrogens (tertiary/aromatic N) is 2. The van der Waals surface area contributed by atoms with Crippen molar-refractivity contribution in [3.63, 3.8) is 0 Å². The van der Waals surface area contributed by atoms with Gasteiger partial charge in [0.2, 0.25) is 0 Å². The zero-order chi connectivity index (χ0) is 14.7. The van der Waals surface area contributed by atoms with E-state index in [-0.39, 0.29) is 5.91 Å². The van der Waals surface area contributed by atoms with Gasteiger partial charge in [0.05, 0.1) is 6.61 Å². The summed E-state index contributed by atoms with van der Waals surface area (Å²) < 4.78 is 5.16. The Morgan fingerprint density at radius 2 is 2.33 bits per heavy atom. The number of aromatic amines is 1. The van der Waals surface area contributed by atoms with Gasteiger partial charge in [0.15, 0.2) is 0 Å². The first-order valence-electron chi connectivity index (χ1n) is 7.86. The molecule has 0 aliphatic carbocycles. The van der Waals surface area contributed by atoms with Crippen LogP contribution >= 0.6 is 0 Å². The van der Waals surface area contributed by atoms with E-state index in [1.165, 1.54) is 6.42 Å². The highest BCUT2D eigenvalue weighted by molar-refractivity contribution is 5.93. The maximum atomic E-state index is 12.0. The molecule has 0 bridgehead atoms. The van der Waals surface area contributed by atoms with Gasteiger partial charge < -0.3 is 19.9 Å². The molecule has 0 spiro atoms. The number of nitrogens with one attached hydrogen (secondary N) is 2. The Labute approximate surface area is 125 Å². The van der Waals surface area contributed by atoms with Crippen molar-refractivity contribution in [3.05, 3.63) is 17.2 Å². The molecule has 1 aromatic heterocycles. The molecular formula is C15H24N4O2. The zero-order valence-electron chi connectivity index (χ0n) is 12.7. The van der Waals surface area contributed by atoms with Crippen molar-refractivity contribution in [1.29, 1.82) is 0 Å². The summed E-state index contributed by atoms with van der Waals surface area (Å²) in [4.78, 5) is 22.4. The third-order valence-corrected chi connectivity index (χ3v) is 4.41. The zero-order valence-corrected chi connectivity index (χ0v) is 12.7. The Balaban J connectivity index is 1.72. The number of aromatic nitrogens is 2. The van der Waals surface area contributed by atoms with Crippen LogP contribution in [-0.4, -0.2) is 60.7 Å². The number of H-pyrrole nitrogens is 1. The largest absolute Gasteiger partial charge is 0.383 e. The van der Waals surface area contributed by atoms with Gasteiger partial charge in [-0.25, -0.2) is 4.98 Å². The Morgan fingerprint density at radius 1 is 1.43 bits per heavy atom. The van der Waals surface area contributed by atoms with Gasteiger partial charge in [-0.3, -0.25) is 4.79 Å². The summed E-state index contributed by atoms with van der Waals surface area (Å²) in [6.07, 6.45) is 4.19. The summed E-state index contributed by atoms with van der Waals surface area (Å²) in [6.45, 7) is 4.60. The van der Waals surface area contributed by atoms with Crippen LogP contribution < -0.4 is 5.32 Å². The van der Waals surface area contributed by atoms with Crippen molar-refractivity contribution in [2.75, 3.05) is 39.9 Å². The van der Waals surface area contributed by atoms with E-state index in [0.29, 0.717) is 11.6 Å². The number of carbonyl (C=O) groups is 1.